The Balaban J connectivity index is 2.00. The Morgan fingerprint density at radius 3 is 2.59 bits per heavy atom. The third kappa shape index (κ3) is 2.59. The maximum Gasteiger partial charge on any atom is 0.336 e. The van der Waals surface area contributed by atoms with Gasteiger partial charge in [-0.1, -0.05) is 19.9 Å². The second-order valence-electron chi connectivity index (χ2n) is 8.35. The highest BCUT2D eigenvalue weighted by atomic mass is 16.7. The molecule has 0 amide bonds. The lowest BCUT2D eigenvalue weighted by Crippen LogP contribution is -2.70. The molecule has 6 atom stereocenters. The highest BCUT2D eigenvalue weighted by Gasteiger charge is 2.70. The summed E-state index contributed by atoms with van der Waals surface area (Å²) in [4.78, 5) is 24.2. The number of aliphatic hydroxyl groups excluding tert-OH is 1. The van der Waals surface area contributed by atoms with Crippen LogP contribution >= 0.6 is 0 Å². The summed E-state index contributed by atoms with van der Waals surface area (Å²) in [5.74, 6) is -3.54. The van der Waals surface area contributed by atoms with Crippen LogP contribution in [-0.2, 0) is 19.1 Å². The summed E-state index contributed by atoms with van der Waals surface area (Å²) in [7, 11) is 0. The first-order valence-electron chi connectivity index (χ1n) is 9.32. The number of rotatable bonds is 2. The SMILES string of the molecule is C/C=C(/C)C(=O)O[C@H]1CC[C@]2(O)C[C@@]3(O)OC(=O)C(C)=C3[C@@H](O)[C@]2(C)[C@H]1C. The molecular weight excluding hydrogens is 352 g/mol. The summed E-state index contributed by atoms with van der Waals surface area (Å²) in [6.45, 7) is 8.44. The van der Waals surface area contributed by atoms with Gasteiger partial charge in [0.15, 0.2) is 0 Å². The van der Waals surface area contributed by atoms with Crippen molar-refractivity contribution in [2.45, 2.75) is 77.5 Å². The number of fused-ring (bicyclic) bond motifs is 2. The van der Waals surface area contributed by atoms with Gasteiger partial charge in [0.1, 0.15) is 6.10 Å². The lowest BCUT2D eigenvalue weighted by molar-refractivity contribution is -0.283. The number of esters is 2. The van der Waals surface area contributed by atoms with Crippen molar-refractivity contribution < 1.29 is 34.4 Å². The van der Waals surface area contributed by atoms with Gasteiger partial charge in [0.2, 0.25) is 5.79 Å². The molecule has 2 aliphatic carbocycles. The standard InChI is InChI=1S/C20H28O7/c1-6-10(2)16(22)26-13-7-8-19(24)9-20(25)14(11(3)17(23)27-20)15(21)18(19,5)12(13)4/h6,12-13,15,21,24-25H,7-9H2,1-5H3/b10-6-/t12-,13-,15+,18-,19-,20+/m0/s1. The Bertz CT molecular complexity index is 753. The van der Waals surface area contributed by atoms with Gasteiger partial charge in [0.05, 0.1) is 11.7 Å². The van der Waals surface area contributed by atoms with Gasteiger partial charge in [-0.15, -0.1) is 0 Å². The van der Waals surface area contributed by atoms with E-state index in [4.69, 9.17) is 9.47 Å². The molecular formula is C20H28O7. The summed E-state index contributed by atoms with van der Waals surface area (Å²) >= 11 is 0. The first-order chi connectivity index (χ1) is 12.4. The van der Waals surface area contributed by atoms with E-state index < -0.39 is 46.9 Å². The maximum atomic E-state index is 12.2. The van der Waals surface area contributed by atoms with Gasteiger partial charge in [0, 0.05) is 34.5 Å². The lowest BCUT2D eigenvalue weighted by Gasteiger charge is -2.61. The predicted octanol–water partition coefficient (Wildman–Crippen LogP) is 1.36. The van der Waals surface area contributed by atoms with Gasteiger partial charge >= 0.3 is 11.9 Å². The van der Waals surface area contributed by atoms with Crippen LogP contribution in [0.5, 0.6) is 0 Å². The smallest absolute Gasteiger partial charge is 0.336 e. The zero-order chi connectivity index (χ0) is 20.4. The molecule has 2 fully saturated rings. The minimum absolute atomic E-state index is 0.100. The normalized spacial score (nSPS) is 44.5. The number of carbonyl (C=O) groups is 2. The Morgan fingerprint density at radius 2 is 2.00 bits per heavy atom. The molecule has 0 radical (unpaired) electrons. The van der Waals surface area contributed by atoms with Gasteiger partial charge in [-0.05, 0) is 33.6 Å². The molecule has 0 spiro atoms. The molecule has 3 rings (SSSR count). The molecule has 3 N–H and O–H groups in total. The summed E-state index contributed by atoms with van der Waals surface area (Å²) in [6.07, 6.45) is 0.211. The van der Waals surface area contributed by atoms with Crippen LogP contribution in [0.15, 0.2) is 22.8 Å². The summed E-state index contributed by atoms with van der Waals surface area (Å²) in [5.41, 5.74) is -1.86. The van der Waals surface area contributed by atoms with Gasteiger partial charge in [-0.25, -0.2) is 9.59 Å². The summed E-state index contributed by atoms with van der Waals surface area (Å²) in [6, 6.07) is 0. The number of allylic oxidation sites excluding steroid dienone is 1. The van der Waals surface area contributed by atoms with Crippen molar-refractivity contribution in [1.29, 1.82) is 0 Å². The molecule has 0 aromatic carbocycles. The average molecular weight is 380 g/mol. The summed E-state index contributed by atoms with van der Waals surface area (Å²) in [5, 5.41) is 33.4. The van der Waals surface area contributed by atoms with Crippen molar-refractivity contribution in [2.75, 3.05) is 0 Å². The Hall–Kier alpha value is -1.70. The largest absolute Gasteiger partial charge is 0.459 e. The van der Waals surface area contributed by atoms with Gasteiger partial charge in [-0.3, -0.25) is 0 Å². The third-order valence-electron chi connectivity index (χ3n) is 7.13. The second-order valence-corrected chi connectivity index (χ2v) is 8.35. The van der Waals surface area contributed by atoms with E-state index in [0.29, 0.717) is 12.0 Å². The van der Waals surface area contributed by atoms with Gasteiger partial charge in [-0.2, -0.15) is 0 Å². The van der Waals surface area contributed by atoms with Gasteiger partial charge < -0.3 is 24.8 Å². The van der Waals surface area contributed by atoms with Crippen molar-refractivity contribution >= 4 is 11.9 Å². The Morgan fingerprint density at radius 1 is 1.37 bits per heavy atom. The number of hydrogen-bond donors (Lipinski definition) is 3. The van der Waals surface area contributed by atoms with E-state index in [1.165, 1.54) is 6.92 Å². The number of aliphatic hydroxyl groups is 3. The molecule has 0 saturated heterocycles. The molecule has 150 valence electrons. The Labute approximate surface area is 158 Å². The minimum Gasteiger partial charge on any atom is -0.459 e. The van der Waals surface area contributed by atoms with Crippen molar-refractivity contribution in [3.63, 3.8) is 0 Å². The molecule has 0 aromatic heterocycles. The first kappa shape index (κ1) is 20.0. The first-order valence-corrected chi connectivity index (χ1v) is 9.32. The highest BCUT2D eigenvalue weighted by molar-refractivity contribution is 5.92. The van der Waals surface area contributed by atoms with E-state index >= 15 is 0 Å². The fraction of sp³-hybridized carbons (Fsp3) is 0.700. The van der Waals surface area contributed by atoms with Crippen LogP contribution < -0.4 is 0 Å². The fourth-order valence-electron chi connectivity index (χ4n) is 4.94. The van der Waals surface area contributed by atoms with Crippen molar-refractivity contribution in [3.8, 4) is 0 Å². The van der Waals surface area contributed by atoms with Crippen LogP contribution in [0.25, 0.3) is 0 Å². The van der Waals surface area contributed by atoms with E-state index in [0.717, 1.165) is 0 Å². The van der Waals surface area contributed by atoms with E-state index in [1.807, 2.05) is 6.92 Å². The van der Waals surface area contributed by atoms with Crippen LogP contribution in [0, 0.1) is 11.3 Å². The second kappa shape index (κ2) is 6.15. The third-order valence-corrected chi connectivity index (χ3v) is 7.13. The molecule has 1 heterocycles. The highest BCUT2D eigenvalue weighted by Crippen LogP contribution is 2.61. The van der Waals surface area contributed by atoms with Crippen LogP contribution in [0.2, 0.25) is 0 Å². The van der Waals surface area contributed by atoms with E-state index in [-0.39, 0.29) is 24.0 Å². The lowest BCUT2D eigenvalue weighted by atomic mass is 9.49. The molecule has 1 aliphatic heterocycles. The van der Waals surface area contributed by atoms with Crippen molar-refractivity contribution in [3.05, 3.63) is 22.8 Å². The Kier molecular flexibility index (Phi) is 4.57. The van der Waals surface area contributed by atoms with Crippen molar-refractivity contribution in [1.82, 2.24) is 0 Å². The monoisotopic (exact) mass is 380 g/mol. The van der Waals surface area contributed by atoms with Gasteiger partial charge in [0.25, 0.3) is 0 Å². The van der Waals surface area contributed by atoms with E-state index in [1.54, 1.807) is 26.8 Å². The molecule has 27 heavy (non-hydrogen) atoms. The predicted molar refractivity (Wildman–Crippen MR) is 95.1 cm³/mol. The molecule has 3 aliphatic rings. The molecule has 0 aromatic rings. The molecule has 0 bridgehead atoms. The van der Waals surface area contributed by atoms with Crippen molar-refractivity contribution in [2.24, 2.45) is 11.3 Å². The van der Waals surface area contributed by atoms with Crippen LogP contribution in [0.3, 0.4) is 0 Å². The summed E-state index contributed by atoms with van der Waals surface area (Å²) < 4.78 is 10.7. The molecule has 0 unspecified atom stereocenters. The maximum absolute atomic E-state index is 12.2. The zero-order valence-corrected chi connectivity index (χ0v) is 16.4. The number of ether oxygens (including phenoxy) is 2. The minimum atomic E-state index is -2.00. The molecule has 2 saturated carbocycles. The van der Waals surface area contributed by atoms with Crippen LogP contribution in [-0.4, -0.2) is 50.9 Å². The average Bonchev–Trinajstić information content (AvgIpc) is 2.82. The van der Waals surface area contributed by atoms with Crippen LogP contribution in [0.1, 0.15) is 53.9 Å². The quantitative estimate of drug-likeness (QED) is 0.490. The van der Waals surface area contributed by atoms with E-state index in [9.17, 15) is 24.9 Å². The number of carbonyl (C=O) groups excluding carboxylic acids is 2. The van der Waals surface area contributed by atoms with E-state index in [2.05, 4.69) is 0 Å². The van der Waals surface area contributed by atoms with Crippen LogP contribution in [0.4, 0.5) is 0 Å². The zero-order valence-electron chi connectivity index (χ0n) is 16.4. The number of hydrogen-bond acceptors (Lipinski definition) is 7. The molecule has 7 nitrogen and oxygen atoms in total. The fourth-order valence-corrected chi connectivity index (χ4v) is 4.94. The topological polar surface area (TPSA) is 113 Å². The molecule has 7 heteroatoms.